The van der Waals surface area contributed by atoms with Gasteiger partial charge in [-0.05, 0) is 29.2 Å². The van der Waals surface area contributed by atoms with E-state index >= 15 is 0 Å². The first-order chi connectivity index (χ1) is 16.7. The van der Waals surface area contributed by atoms with E-state index < -0.39 is 5.54 Å². The molecule has 1 saturated heterocycles. The third-order valence-electron chi connectivity index (χ3n) is 6.68. The van der Waals surface area contributed by atoms with Crippen molar-refractivity contribution in [1.29, 1.82) is 0 Å². The Labute approximate surface area is 201 Å². The summed E-state index contributed by atoms with van der Waals surface area (Å²) >= 11 is 0. The molecule has 1 N–H and O–H groups in total. The average molecular weight is 454 g/mol. The van der Waals surface area contributed by atoms with Crippen LogP contribution in [-0.2, 0) is 10.3 Å². The van der Waals surface area contributed by atoms with E-state index in [4.69, 9.17) is 4.74 Å². The van der Waals surface area contributed by atoms with Crippen molar-refractivity contribution in [3.8, 4) is 0 Å². The van der Waals surface area contributed by atoms with Gasteiger partial charge in [0.15, 0.2) is 0 Å². The van der Waals surface area contributed by atoms with Crippen LogP contribution >= 0.6 is 0 Å². The molecule has 1 fully saturated rings. The Balaban J connectivity index is 1.69. The van der Waals surface area contributed by atoms with Gasteiger partial charge in [0.2, 0.25) is 0 Å². The van der Waals surface area contributed by atoms with Crippen LogP contribution in [0.1, 0.15) is 23.6 Å². The summed E-state index contributed by atoms with van der Waals surface area (Å²) in [5.74, 6) is 0. The molecular formula is C29H31N3O2. The van der Waals surface area contributed by atoms with E-state index in [0.717, 1.165) is 5.57 Å². The zero-order valence-corrected chi connectivity index (χ0v) is 19.5. The number of benzene rings is 3. The predicted molar refractivity (Wildman–Crippen MR) is 135 cm³/mol. The second-order valence-corrected chi connectivity index (χ2v) is 8.95. The third kappa shape index (κ3) is 4.18. The Bertz CT molecular complexity index is 1040. The molecule has 0 aliphatic carbocycles. The minimum absolute atomic E-state index is 0.0404. The van der Waals surface area contributed by atoms with Gasteiger partial charge in [0.05, 0.1) is 18.2 Å². The Kier molecular flexibility index (Phi) is 6.59. The minimum atomic E-state index is -0.545. The first-order valence-electron chi connectivity index (χ1n) is 11.8. The summed E-state index contributed by atoms with van der Waals surface area (Å²) in [5, 5.41) is 10.2. The number of aliphatic imine (C=N–C) groups is 1. The van der Waals surface area contributed by atoms with E-state index in [-0.39, 0.29) is 18.9 Å². The maximum atomic E-state index is 10.2. The lowest BCUT2D eigenvalue weighted by Crippen LogP contribution is -2.61. The summed E-state index contributed by atoms with van der Waals surface area (Å²) in [6.45, 7) is 3.81. The van der Waals surface area contributed by atoms with Gasteiger partial charge >= 0.3 is 0 Å². The highest BCUT2D eigenvalue weighted by molar-refractivity contribution is 5.78. The second-order valence-electron chi connectivity index (χ2n) is 8.95. The minimum Gasteiger partial charge on any atom is -0.394 e. The van der Waals surface area contributed by atoms with E-state index in [1.165, 1.54) is 16.7 Å². The smallest absolute Gasteiger partial charge is 0.144 e. The maximum Gasteiger partial charge on any atom is 0.144 e. The third-order valence-corrected chi connectivity index (χ3v) is 6.68. The van der Waals surface area contributed by atoms with E-state index in [1.54, 1.807) is 0 Å². The van der Waals surface area contributed by atoms with Gasteiger partial charge in [-0.3, -0.25) is 9.89 Å². The number of morpholine rings is 1. The number of aliphatic hydroxyl groups is 1. The van der Waals surface area contributed by atoms with Crippen molar-refractivity contribution >= 4 is 6.21 Å². The first-order valence-corrected chi connectivity index (χ1v) is 11.8. The Morgan fingerprint density at radius 2 is 1.38 bits per heavy atom. The van der Waals surface area contributed by atoms with Crippen LogP contribution in [0.15, 0.2) is 108 Å². The Hall–Kier alpha value is -3.25. The normalized spacial score (nSPS) is 21.4. The van der Waals surface area contributed by atoms with Crippen molar-refractivity contribution in [2.45, 2.75) is 24.8 Å². The van der Waals surface area contributed by atoms with E-state index in [2.05, 4.69) is 112 Å². The zero-order chi connectivity index (χ0) is 23.4. The maximum absolute atomic E-state index is 10.2. The number of nitrogens with zero attached hydrogens (tertiary/aromatic N) is 3. The molecule has 174 valence electrons. The van der Waals surface area contributed by atoms with Gasteiger partial charge in [-0.1, -0.05) is 91.0 Å². The van der Waals surface area contributed by atoms with Crippen LogP contribution in [0, 0.1) is 0 Å². The van der Waals surface area contributed by atoms with Gasteiger partial charge in [0, 0.05) is 25.5 Å². The molecule has 0 radical (unpaired) electrons. The quantitative estimate of drug-likeness (QED) is 0.567. The van der Waals surface area contributed by atoms with Gasteiger partial charge in [-0.25, -0.2) is 0 Å². The summed E-state index contributed by atoms with van der Waals surface area (Å²) in [5.41, 5.74) is 4.11. The zero-order valence-electron chi connectivity index (χ0n) is 19.5. The molecule has 2 aliphatic heterocycles. The number of aliphatic hydroxyl groups excluding tert-OH is 1. The van der Waals surface area contributed by atoms with Crippen LogP contribution in [0.2, 0.25) is 0 Å². The van der Waals surface area contributed by atoms with Crippen molar-refractivity contribution in [3.63, 3.8) is 0 Å². The molecule has 3 aromatic carbocycles. The summed E-state index contributed by atoms with van der Waals surface area (Å²) in [7, 11) is 0. The molecule has 5 nitrogen and oxygen atoms in total. The summed E-state index contributed by atoms with van der Waals surface area (Å²) in [6, 6.07) is 32.0. The molecule has 0 amide bonds. The van der Waals surface area contributed by atoms with Crippen LogP contribution < -0.4 is 0 Å². The fourth-order valence-corrected chi connectivity index (χ4v) is 5.25. The van der Waals surface area contributed by atoms with Crippen LogP contribution in [-0.4, -0.2) is 59.8 Å². The van der Waals surface area contributed by atoms with Crippen molar-refractivity contribution < 1.29 is 9.84 Å². The second kappa shape index (κ2) is 9.94. The molecule has 5 rings (SSSR count). The molecule has 5 heteroatoms. The van der Waals surface area contributed by atoms with E-state index in [1.807, 2.05) is 13.1 Å². The van der Waals surface area contributed by atoms with Gasteiger partial charge in [-0.2, -0.15) is 0 Å². The summed E-state index contributed by atoms with van der Waals surface area (Å²) in [6.07, 6.45) is 3.45. The molecule has 0 unspecified atom stereocenters. The number of ether oxygens (including phenoxy) is 1. The highest BCUT2D eigenvalue weighted by Crippen LogP contribution is 2.44. The number of hydrogen-bond donors (Lipinski definition) is 1. The van der Waals surface area contributed by atoms with Crippen molar-refractivity contribution in [1.82, 2.24) is 9.80 Å². The fourth-order valence-electron chi connectivity index (χ4n) is 5.25. The number of allylic oxidation sites excluding steroid dienone is 1. The van der Waals surface area contributed by atoms with Crippen LogP contribution in [0.5, 0.6) is 0 Å². The van der Waals surface area contributed by atoms with Crippen LogP contribution in [0.4, 0.5) is 0 Å². The van der Waals surface area contributed by atoms with Gasteiger partial charge in [-0.15, -0.1) is 0 Å². The lowest BCUT2D eigenvalue weighted by molar-refractivity contribution is -0.164. The van der Waals surface area contributed by atoms with Crippen molar-refractivity contribution in [2.75, 3.05) is 26.4 Å². The Morgan fingerprint density at radius 1 is 0.853 bits per heavy atom. The largest absolute Gasteiger partial charge is 0.394 e. The molecule has 0 saturated carbocycles. The highest BCUT2D eigenvalue weighted by atomic mass is 16.5. The highest BCUT2D eigenvalue weighted by Gasteiger charge is 2.46. The summed E-state index contributed by atoms with van der Waals surface area (Å²) < 4.78 is 6.37. The number of hydrogen-bond acceptors (Lipinski definition) is 5. The topological polar surface area (TPSA) is 48.3 Å². The molecule has 0 spiro atoms. The van der Waals surface area contributed by atoms with Crippen molar-refractivity contribution in [3.05, 3.63) is 119 Å². The SMILES string of the molecule is CC1=CN([C@H]2CN(C(c3ccccc3)(c3ccccc3)c3ccccc3)C[C@@H](CO)O2)CN=C1. The molecule has 2 atom stereocenters. The molecule has 2 aliphatic rings. The molecular weight excluding hydrogens is 422 g/mol. The predicted octanol–water partition coefficient (Wildman–Crippen LogP) is 4.25. The van der Waals surface area contributed by atoms with Crippen LogP contribution in [0.25, 0.3) is 0 Å². The lowest BCUT2D eigenvalue weighted by Gasteiger charge is -2.51. The molecule has 3 aromatic rings. The van der Waals surface area contributed by atoms with Gasteiger partial charge in [0.25, 0.3) is 0 Å². The van der Waals surface area contributed by atoms with E-state index in [0.29, 0.717) is 19.8 Å². The van der Waals surface area contributed by atoms with Gasteiger partial charge < -0.3 is 14.7 Å². The lowest BCUT2D eigenvalue weighted by atomic mass is 9.75. The van der Waals surface area contributed by atoms with Gasteiger partial charge in [0.1, 0.15) is 12.9 Å². The van der Waals surface area contributed by atoms with Crippen molar-refractivity contribution in [2.24, 2.45) is 4.99 Å². The molecule has 2 heterocycles. The monoisotopic (exact) mass is 453 g/mol. The average Bonchev–Trinajstić information content (AvgIpc) is 2.91. The molecule has 0 bridgehead atoms. The standard InChI is InChI=1S/C29H31N3O2/c1-23-17-30-22-31(18-23)28-20-32(19-27(21-33)34-28)29(24-11-5-2-6-12-24,25-13-7-3-8-14-25)26-15-9-4-10-16-26/h2-18,27-28,33H,19-22H2,1H3/t27-,28+/m0/s1. The Morgan fingerprint density at radius 3 is 1.85 bits per heavy atom. The molecule has 0 aromatic heterocycles. The fraction of sp³-hybridized carbons (Fsp3) is 0.276. The molecule has 34 heavy (non-hydrogen) atoms. The first kappa shape index (κ1) is 22.5. The van der Waals surface area contributed by atoms with Crippen LogP contribution in [0.3, 0.4) is 0 Å². The summed E-state index contributed by atoms with van der Waals surface area (Å²) in [4.78, 5) is 9.11. The van der Waals surface area contributed by atoms with E-state index in [9.17, 15) is 5.11 Å². The number of rotatable bonds is 6.